The molecule has 0 saturated carbocycles. The first-order valence-corrected chi connectivity index (χ1v) is 9.80. The maximum atomic E-state index is 12.7. The van der Waals surface area contributed by atoms with Gasteiger partial charge in [-0.1, -0.05) is 18.2 Å². The van der Waals surface area contributed by atoms with E-state index in [4.69, 9.17) is 0 Å². The Hall–Kier alpha value is -1.68. The normalized spacial score (nSPS) is 13.6. The van der Waals surface area contributed by atoms with Crippen molar-refractivity contribution in [3.63, 3.8) is 0 Å². The zero-order valence-electron chi connectivity index (χ0n) is 15.7. The van der Waals surface area contributed by atoms with Crippen LogP contribution < -0.4 is 15.5 Å². The molecule has 0 unspecified atom stereocenters. The van der Waals surface area contributed by atoms with Crippen LogP contribution in [-0.4, -0.2) is 36.5 Å². The topological polar surface area (TPSA) is 69.6 Å². The zero-order valence-corrected chi connectivity index (χ0v) is 18.8. The Morgan fingerprint density at radius 2 is 2.15 bits per heavy atom. The van der Waals surface area contributed by atoms with E-state index in [1.807, 2.05) is 43.1 Å². The molecule has 2 heterocycles. The number of guanidine groups is 1. The summed E-state index contributed by atoms with van der Waals surface area (Å²) in [5, 5.41) is 7.43. The Balaban J connectivity index is 0.00000261. The second kappa shape index (κ2) is 10.6. The third-order valence-corrected chi connectivity index (χ3v) is 5.12. The van der Waals surface area contributed by atoms with Crippen molar-refractivity contribution in [3.8, 4) is 0 Å². The molecular formula is C19H26IN5OS. The summed E-state index contributed by atoms with van der Waals surface area (Å²) in [5.41, 5.74) is 2.26. The molecule has 0 atom stereocenters. The summed E-state index contributed by atoms with van der Waals surface area (Å²) in [7, 11) is 0. The maximum Gasteiger partial charge on any atom is 0.248 e. The van der Waals surface area contributed by atoms with Crippen LogP contribution in [0.4, 0.5) is 5.69 Å². The monoisotopic (exact) mass is 499 g/mol. The highest BCUT2D eigenvalue weighted by molar-refractivity contribution is 14.0. The summed E-state index contributed by atoms with van der Waals surface area (Å²) in [6.07, 6.45) is 3.89. The van der Waals surface area contributed by atoms with Crippen LogP contribution in [0.2, 0.25) is 0 Å². The Kier molecular flexibility index (Phi) is 8.49. The Morgan fingerprint density at radius 1 is 1.33 bits per heavy atom. The largest absolute Gasteiger partial charge is 0.357 e. The average molecular weight is 499 g/mol. The van der Waals surface area contributed by atoms with Gasteiger partial charge in [-0.2, -0.15) is 0 Å². The fourth-order valence-corrected chi connectivity index (χ4v) is 3.74. The van der Waals surface area contributed by atoms with E-state index in [-0.39, 0.29) is 36.4 Å². The van der Waals surface area contributed by atoms with Gasteiger partial charge in [0.2, 0.25) is 5.91 Å². The van der Waals surface area contributed by atoms with Crippen molar-refractivity contribution < 1.29 is 4.79 Å². The third kappa shape index (κ3) is 5.90. The summed E-state index contributed by atoms with van der Waals surface area (Å²) >= 11 is 1.66. The predicted octanol–water partition coefficient (Wildman–Crippen LogP) is 3.10. The van der Waals surface area contributed by atoms with Gasteiger partial charge in [0.15, 0.2) is 5.96 Å². The SMILES string of the molecule is CCNC(=NCC(=O)N1CCCc2ccccc21)NCc1ncc(C)s1.I. The molecule has 1 aromatic carbocycles. The second-order valence-electron chi connectivity index (χ2n) is 6.19. The van der Waals surface area contributed by atoms with Crippen LogP contribution in [0, 0.1) is 6.92 Å². The first-order valence-electron chi connectivity index (χ1n) is 8.99. The molecule has 27 heavy (non-hydrogen) atoms. The first-order chi connectivity index (χ1) is 12.7. The smallest absolute Gasteiger partial charge is 0.248 e. The molecule has 1 amide bonds. The number of nitrogens with one attached hydrogen (secondary N) is 2. The minimum atomic E-state index is 0. The molecule has 3 rings (SSSR count). The lowest BCUT2D eigenvalue weighted by Crippen LogP contribution is -2.40. The number of hydrogen-bond acceptors (Lipinski definition) is 4. The number of amides is 1. The summed E-state index contributed by atoms with van der Waals surface area (Å²) in [6, 6.07) is 8.12. The fourth-order valence-electron chi connectivity index (χ4n) is 3.01. The van der Waals surface area contributed by atoms with Gasteiger partial charge in [-0.05, 0) is 38.3 Å². The predicted molar refractivity (Wildman–Crippen MR) is 122 cm³/mol. The molecule has 2 N–H and O–H groups in total. The lowest BCUT2D eigenvalue weighted by Gasteiger charge is -2.29. The van der Waals surface area contributed by atoms with E-state index in [9.17, 15) is 4.79 Å². The number of hydrogen-bond donors (Lipinski definition) is 2. The Bertz CT molecular complexity index is 792. The van der Waals surface area contributed by atoms with Crippen LogP contribution in [0.25, 0.3) is 0 Å². The number of para-hydroxylation sites is 1. The minimum absolute atomic E-state index is 0. The number of thiazole rings is 1. The summed E-state index contributed by atoms with van der Waals surface area (Å²) < 4.78 is 0. The van der Waals surface area contributed by atoms with E-state index in [1.54, 1.807) is 11.3 Å². The van der Waals surface area contributed by atoms with Crippen LogP contribution in [0.3, 0.4) is 0 Å². The molecule has 0 spiro atoms. The van der Waals surface area contributed by atoms with Gasteiger partial charge in [-0.15, -0.1) is 35.3 Å². The van der Waals surface area contributed by atoms with Gasteiger partial charge in [0.1, 0.15) is 11.6 Å². The molecule has 1 aliphatic rings. The highest BCUT2D eigenvalue weighted by atomic mass is 127. The van der Waals surface area contributed by atoms with Crippen molar-refractivity contribution in [3.05, 3.63) is 45.9 Å². The number of aliphatic imine (C=N–C) groups is 1. The van der Waals surface area contributed by atoms with Gasteiger partial charge in [0.05, 0.1) is 6.54 Å². The molecule has 1 aliphatic heterocycles. The summed E-state index contributed by atoms with van der Waals surface area (Å²) in [6.45, 7) is 6.27. The highest BCUT2D eigenvalue weighted by Gasteiger charge is 2.21. The summed E-state index contributed by atoms with van der Waals surface area (Å²) in [5.74, 6) is 0.665. The molecule has 0 bridgehead atoms. The van der Waals surface area contributed by atoms with E-state index in [2.05, 4.69) is 26.7 Å². The molecule has 0 aliphatic carbocycles. The molecule has 6 nitrogen and oxygen atoms in total. The number of rotatable bonds is 5. The van der Waals surface area contributed by atoms with Gasteiger partial charge in [-0.3, -0.25) is 4.79 Å². The van der Waals surface area contributed by atoms with Crippen molar-refractivity contribution in [2.45, 2.75) is 33.2 Å². The lowest BCUT2D eigenvalue weighted by molar-refractivity contribution is -0.117. The number of halogens is 1. The van der Waals surface area contributed by atoms with E-state index in [0.717, 1.165) is 36.6 Å². The number of carbonyl (C=O) groups excluding carboxylic acids is 1. The molecule has 0 fully saturated rings. The number of benzene rings is 1. The van der Waals surface area contributed by atoms with Gasteiger partial charge >= 0.3 is 0 Å². The standard InChI is InChI=1S/C19H25N5OS.HI/c1-3-20-19(22-12-17-21-11-14(2)26-17)23-13-18(25)24-10-6-8-15-7-4-5-9-16(15)24;/h4-5,7,9,11H,3,6,8,10,12-13H2,1-2H3,(H2,20,22,23);1H. The van der Waals surface area contributed by atoms with Crippen LogP contribution >= 0.6 is 35.3 Å². The van der Waals surface area contributed by atoms with Crippen molar-refractivity contribution in [1.29, 1.82) is 0 Å². The fraction of sp³-hybridized carbons (Fsp3) is 0.421. The highest BCUT2D eigenvalue weighted by Crippen LogP contribution is 2.26. The van der Waals surface area contributed by atoms with Crippen molar-refractivity contribution >= 4 is 52.9 Å². The minimum Gasteiger partial charge on any atom is -0.357 e. The first kappa shape index (κ1) is 21.6. The van der Waals surface area contributed by atoms with Crippen LogP contribution in [0.5, 0.6) is 0 Å². The molecule has 146 valence electrons. The quantitative estimate of drug-likeness (QED) is 0.377. The van der Waals surface area contributed by atoms with E-state index in [0.29, 0.717) is 12.5 Å². The molecular weight excluding hydrogens is 473 g/mol. The third-order valence-electron chi connectivity index (χ3n) is 4.20. The van der Waals surface area contributed by atoms with Gasteiger partial charge < -0.3 is 15.5 Å². The average Bonchev–Trinajstić information content (AvgIpc) is 3.08. The Morgan fingerprint density at radius 3 is 2.89 bits per heavy atom. The number of nitrogens with zero attached hydrogens (tertiary/aromatic N) is 3. The molecule has 0 saturated heterocycles. The van der Waals surface area contributed by atoms with Crippen molar-refractivity contribution in [2.75, 3.05) is 24.5 Å². The van der Waals surface area contributed by atoms with Crippen molar-refractivity contribution in [1.82, 2.24) is 15.6 Å². The molecule has 1 aromatic heterocycles. The number of fused-ring (bicyclic) bond motifs is 1. The van der Waals surface area contributed by atoms with Gasteiger partial charge in [-0.25, -0.2) is 9.98 Å². The maximum absolute atomic E-state index is 12.7. The second-order valence-corrected chi connectivity index (χ2v) is 7.51. The number of carbonyl (C=O) groups is 1. The molecule has 2 aromatic rings. The number of aryl methyl sites for hydroxylation is 2. The van der Waals surface area contributed by atoms with E-state index in [1.165, 1.54) is 10.4 Å². The van der Waals surface area contributed by atoms with Gasteiger partial charge in [0, 0.05) is 29.9 Å². The van der Waals surface area contributed by atoms with E-state index >= 15 is 0 Å². The molecule has 8 heteroatoms. The van der Waals surface area contributed by atoms with Crippen LogP contribution in [-0.2, 0) is 17.8 Å². The van der Waals surface area contributed by atoms with Crippen LogP contribution in [0.15, 0.2) is 35.5 Å². The number of anilines is 1. The van der Waals surface area contributed by atoms with E-state index < -0.39 is 0 Å². The summed E-state index contributed by atoms with van der Waals surface area (Å²) in [4.78, 5) is 24.5. The van der Waals surface area contributed by atoms with Gasteiger partial charge in [0.25, 0.3) is 0 Å². The zero-order chi connectivity index (χ0) is 18.4. The Labute approximate surface area is 181 Å². The number of aromatic nitrogens is 1. The lowest BCUT2D eigenvalue weighted by atomic mass is 10.0. The van der Waals surface area contributed by atoms with Crippen LogP contribution in [0.1, 0.15) is 28.8 Å². The van der Waals surface area contributed by atoms with Crippen molar-refractivity contribution in [2.24, 2.45) is 4.99 Å². The molecule has 0 radical (unpaired) electrons.